The van der Waals surface area contributed by atoms with Gasteiger partial charge in [-0.25, -0.2) is 4.98 Å². The molecule has 1 aromatic carbocycles. The number of para-hydroxylation sites is 2. The van der Waals surface area contributed by atoms with E-state index in [1.807, 2.05) is 0 Å². The van der Waals surface area contributed by atoms with Crippen molar-refractivity contribution in [2.24, 2.45) is 0 Å². The Hall–Kier alpha value is -1.00. The smallest absolute Gasteiger partial charge is 0.111 e. The largest absolute Gasteiger partial charge is 0.342 e. The minimum Gasteiger partial charge on any atom is -0.342 e. The van der Waals surface area contributed by atoms with Gasteiger partial charge in [-0.15, -0.1) is 0 Å². The zero-order chi connectivity index (χ0) is 14.1. The number of H-pyrrole nitrogens is 1. The van der Waals surface area contributed by atoms with Crippen LogP contribution in [0.25, 0.3) is 11.0 Å². The molecule has 2 fully saturated rings. The van der Waals surface area contributed by atoms with E-state index in [1.54, 1.807) is 0 Å². The molecule has 3 nitrogen and oxygen atoms in total. The number of fused-ring (bicyclic) bond motifs is 1. The third-order valence-corrected chi connectivity index (χ3v) is 6.00. The van der Waals surface area contributed by atoms with Crippen LogP contribution in [-0.2, 0) is 0 Å². The molecule has 0 unspecified atom stereocenters. The Kier molecular flexibility index (Phi) is 3.91. The predicted octanol–water partition coefficient (Wildman–Crippen LogP) is 3.64. The maximum absolute atomic E-state index is 4.83. The van der Waals surface area contributed by atoms with Crippen molar-refractivity contribution in [1.29, 1.82) is 0 Å². The third-order valence-electron chi connectivity index (χ3n) is 4.95. The Morgan fingerprint density at radius 1 is 1.14 bits per heavy atom. The number of hydrogen-bond acceptors (Lipinski definition) is 3. The highest BCUT2D eigenvalue weighted by molar-refractivity contribution is 7.99. The Morgan fingerprint density at radius 2 is 2.00 bits per heavy atom. The number of benzene rings is 1. The zero-order valence-corrected chi connectivity index (χ0v) is 13.2. The van der Waals surface area contributed by atoms with Crippen molar-refractivity contribution in [2.45, 2.75) is 37.6 Å². The lowest BCUT2D eigenvalue weighted by Crippen LogP contribution is -2.43. The minimum absolute atomic E-state index is 0.584. The fourth-order valence-electron chi connectivity index (χ4n) is 3.78. The van der Waals surface area contributed by atoms with Crippen LogP contribution in [0, 0.1) is 0 Å². The molecule has 0 bridgehead atoms. The van der Waals surface area contributed by atoms with Crippen molar-refractivity contribution < 1.29 is 0 Å². The van der Waals surface area contributed by atoms with Gasteiger partial charge in [-0.2, -0.15) is 11.8 Å². The van der Waals surface area contributed by atoms with E-state index in [0.717, 1.165) is 11.6 Å². The molecule has 0 aliphatic carbocycles. The van der Waals surface area contributed by atoms with Gasteiger partial charge in [0.1, 0.15) is 5.82 Å². The summed E-state index contributed by atoms with van der Waals surface area (Å²) in [5.74, 6) is 4.47. The molecule has 4 heteroatoms. The summed E-state index contributed by atoms with van der Waals surface area (Å²) in [5, 5.41) is 0. The topological polar surface area (TPSA) is 31.9 Å². The molecule has 21 heavy (non-hydrogen) atoms. The average molecular weight is 301 g/mol. The van der Waals surface area contributed by atoms with Gasteiger partial charge in [0.2, 0.25) is 0 Å². The fourth-order valence-corrected chi connectivity index (χ4v) is 4.86. The maximum Gasteiger partial charge on any atom is 0.111 e. The maximum atomic E-state index is 4.83. The quantitative estimate of drug-likeness (QED) is 0.919. The van der Waals surface area contributed by atoms with Gasteiger partial charge < -0.3 is 4.98 Å². The summed E-state index contributed by atoms with van der Waals surface area (Å²) in [5.41, 5.74) is 2.29. The second-order valence-electron chi connectivity index (χ2n) is 6.32. The molecule has 0 radical (unpaired) electrons. The van der Waals surface area contributed by atoms with Crippen LogP contribution >= 0.6 is 11.8 Å². The number of likely N-dealkylation sites (tertiary alicyclic amines) is 1. The molecule has 112 valence electrons. The standard InChI is InChI=1S/C17H23N3S/c1-2-6-16-15(5-1)18-17(19-16)13-4-3-9-20(12-13)14-7-10-21-11-8-14/h1-2,5-6,13-14H,3-4,7-12H2,(H,18,19)/t13-/m0/s1. The van der Waals surface area contributed by atoms with Gasteiger partial charge in [0.15, 0.2) is 0 Å². The lowest BCUT2D eigenvalue weighted by Gasteiger charge is -2.39. The summed E-state index contributed by atoms with van der Waals surface area (Å²) in [4.78, 5) is 11.1. The Morgan fingerprint density at radius 3 is 2.86 bits per heavy atom. The highest BCUT2D eigenvalue weighted by atomic mass is 32.2. The average Bonchev–Trinajstić information content (AvgIpc) is 3.00. The summed E-state index contributed by atoms with van der Waals surface area (Å²) in [7, 11) is 0. The fraction of sp³-hybridized carbons (Fsp3) is 0.588. The van der Waals surface area contributed by atoms with Crippen molar-refractivity contribution in [3.05, 3.63) is 30.1 Å². The zero-order valence-electron chi connectivity index (χ0n) is 12.4. The first kappa shape index (κ1) is 13.6. The van der Waals surface area contributed by atoms with Gasteiger partial charge in [0.05, 0.1) is 11.0 Å². The number of aromatic nitrogens is 2. The first-order valence-electron chi connectivity index (χ1n) is 8.16. The number of nitrogens with one attached hydrogen (secondary N) is 1. The van der Waals surface area contributed by atoms with E-state index in [0.29, 0.717) is 5.92 Å². The molecule has 0 spiro atoms. The molecule has 3 heterocycles. The molecule has 1 N–H and O–H groups in total. The van der Waals surface area contributed by atoms with Crippen molar-refractivity contribution in [3.63, 3.8) is 0 Å². The Labute approximate surface area is 130 Å². The van der Waals surface area contributed by atoms with Crippen molar-refractivity contribution in [1.82, 2.24) is 14.9 Å². The highest BCUT2D eigenvalue weighted by Crippen LogP contribution is 2.31. The van der Waals surface area contributed by atoms with Crippen molar-refractivity contribution >= 4 is 22.8 Å². The number of thioether (sulfide) groups is 1. The van der Waals surface area contributed by atoms with Gasteiger partial charge in [-0.1, -0.05) is 12.1 Å². The van der Waals surface area contributed by atoms with Crippen LogP contribution in [0.4, 0.5) is 0 Å². The number of nitrogens with zero attached hydrogens (tertiary/aromatic N) is 2. The molecule has 2 aliphatic heterocycles. The summed E-state index contributed by atoms with van der Waals surface area (Å²) in [6.07, 6.45) is 5.33. The molecule has 2 saturated heterocycles. The van der Waals surface area contributed by atoms with E-state index < -0.39 is 0 Å². The predicted molar refractivity (Wildman–Crippen MR) is 90.0 cm³/mol. The second-order valence-corrected chi connectivity index (χ2v) is 7.54. The number of rotatable bonds is 2. The van der Waals surface area contributed by atoms with Gasteiger partial charge in [-0.3, -0.25) is 4.90 Å². The highest BCUT2D eigenvalue weighted by Gasteiger charge is 2.29. The molecular formula is C17H23N3S. The van der Waals surface area contributed by atoms with Gasteiger partial charge in [-0.05, 0) is 55.9 Å². The molecular weight excluding hydrogens is 278 g/mol. The lowest BCUT2D eigenvalue weighted by atomic mass is 9.95. The minimum atomic E-state index is 0.584. The van der Waals surface area contributed by atoms with E-state index in [1.165, 1.54) is 61.6 Å². The lowest BCUT2D eigenvalue weighted by molar-refractivity contribution is 0.138. The van der Waals surface area contributed by atoms with E-state index in [2.05, 4.69) is 45.9 Å². The molecule has 4 rings (SSSR count). The van der Waals surface area contributed by atoms with Gasteiger partial charge in [0.25, 0.3) is 0 Å². The molecule has 1 atom stereocenters. The van der Waals surface area contributed by atoms with Crippen LogP contribution in [0.5, 0.6) is 0 Å². The van der Waals surface area contributed by atoms with Crippen molar-refractivity contribution in [3.8, 4) is 0 Å². The number of imidazole rings is 1. The molecule has 1 aromatic heterocycles. The van der Waals surface area contributed by atoms with Crippen LogP contribution in [0.1, 0.15) is 37.4 Å². The van der Waals surface area contributed by atoms with E-state index in [9.17, 15) is 0 Å². The van der Waals surface area contributed by atoms with E-state index in [-0.39, 0.29) is 0 Å². The van der Waals surface area contributed by atoms with Crippen molar-refractivity contribution in [2.75, 3.05) is 24.6 Å². The Bertz CT molecular complexity index is 570. The first-order chi connectivity index (χ1) is 10.4. The monoisotopic (exact) mass is 301 g/mol. The summed E-state index contributed by atoms with van der Waals surface area (Å²) in [6, 6.07) is 9.20. The van der Waals surface area contributed by atoms with Gasteiger partial charge in [0, 0.05) is 18.5 Å². The van der Waals surface area contributed by atoms with E-state index >= 15 is 0 Å². The molecule has 0 amide bonds. The summed E-state index contributed by atoms with van der Waals surface area (Å²) >= 11 is 2.12. The third kappa shape index (κ3) is 2.84. The SMILES string of the molecule is c1ccc2[nH]c([C@H]3CCCN(C4CCSCC4)C3)nc2c1. The second kappa shape index (κ2) is 6.01. The van der Waals surface area contributed by atoms with E-state index in [4.69, 9.17) is 4.98 Å². The molecule has 0 saturated carbocycles. The molecule has 2 aromatic rings. The number of piperidine rings is 1. The van der Waals surface area contributed by atoms with Crippen LogP contribution < -0.4 is 0 Å². The van der Waals surface area contributed by atoms with Crippen LogP contribution in [0.2, 0.25) is 0 Å². The van der Waals surface area contributed by atoms with Crippen LogP contribution in [0.3, 0.4) is 0 Å². The normalized spacial score (nSPS) is 25.4. The molecule has 2 aliphatic rings. The van der Waals surface area contributed by atoms with Gasteiger partial charge >= 0.3 is 0 Å². The summed E-state index contributed by atoms with van der Waals surface area (Å²) < 4.78 is 0. The van der Waals surface area contributed by atoms with Crippen LogP contribution in [-0.4, -0.2) is 45.5 Å². The first-order valence-corrected chi connectivity index (χ1v) is 9.32. The Balaban J connectivity index is 1.51. The summed E-state index contributed by atoms with van der Waals surface area (Å²) in [6.45, 7) is 2.47. The number of aromatic amines is 1. The number of hydrogen-bond donors (Lipinski definition) is 1. The van der Waals surface area contributed by atoms with Crippen LogP contribution in [0.15, 0.2) is 24.3 Å².